The molecule has 3 rings (SSSR count). The van der Waals surface area contributed by atoms with Crippen LogP contribution in [0.15, 0.2) is 30.3 Å². The molecule has 0 atom stereocenters. The number of nitrogens with one attached hydrogen (secondary N) is 1. The molecule has 0 radical (unpaired) electrons. The van der Waals surface area contributed by atoms with E-state index in [4.69, 9.17) is 14.0 Å². The van der Waals surface area contributed by atoms with Crippen molar-refractivity contribution in [1.29, 1.82) is 0 Å². The van der Waals surface area contributed by atoms with Crippen LogP contribution in [0.4, 0.5) is 4.79 Å². The largest absolute Gasteiger partial charge is 0.461 e. The van der Waals surface area contributed by atoms with Crippen LogP contribution < -0.4 is 5.32 Å². The fraction of sp³-hybridized carbons (Fsp3) is 0.611. The second-order valence-electron chi connectivity index (χ2n) is 7.76. The maximum Gasteiger partial charge on any atom is 0.461 e. The number of benzene rings is 1. The summed E-state index contributed by atoms with van der Waals surface area (Å²) in [6, 6.07) is 9.80. The molecule has 1 saturated carbocycles. The summed E-state index contributed by atoms with van der Waals surface area (Å²) < 4.78 is 17.4. The lowest BCUT2D eigenvalue weighted by Gasteiger charge is -2.36. The Morgan fingerprint density at radius 1 is 1.17 bits per heavy atom. The number of carbonyl (C=O) groups is 1. The van der Waals surface area contributed by atoms with Crippen molar-refractivity contribution in [2.24, 2.45) is 0 Å². The van der Waals surface area contributed by atoms with Crippen molar-refractivity contribution in [3.05, 3.63) is 35.9 Å². The van der Waals surface area contributed by atoms with Crippen LogP contribution in [-0.4, -0.2) is 30.5 Å². The standard InChI is InChI=1S/C18H26BNO4/c1-17(2)18(3,4)24-19(23-17)14-10-15(11-14)20-16(21)22-12-13-8-6-5-7-9-13/h5-9,14-15H,10-12H2,1-4H3,(H,20,21). The molecule has 1 heterocycles. The van der Waals surface area contributed by atoms with E-state index in [1.165, 1.54) is 0 Å². The molecule has 1 aromatic carbocycles. The van der Waals surface area contributed by atoms with Crippen LogP contribution in [0.2, 0.25) is 5.82 Å². The average Bonchev–Trinajstić information content (AvgIpc) is 2.69. The zero-order valence-corrected chi connectivity index (χ0v) is 14.9. The Morgan fingerprint density at radius 2 is 1.75 bits per heavy atom. The third kappa shape index (κ3) is 3.60. The van der Waals surface area contributed by atoms with Crippen LogP contribution in [0.5, 0.6) is 0 Å². The van der Waals surface area contributed by atoms with Crippen LogP contribution in [0.3, 0.4) is 0 Å². The monoisotopic (exact) mass is 331 g/mol. The van der Waals surface area contributed by atoms with E-state index in [1.54, 1.807) is 0 Å². The van der Waals surface area contributed by atoms with Crippen LogP contribution >= 0.6 is 0 Å². The molecule has 1 N–H and O–H groups in total. The van der Waals surface area contributed by atoms with Crippen LogP contribution in [-0.2, 0) is 20.7 Å². The number of amides is 1. The third-order valence-electron chi connectivity index (χ3n) is 5.37. The molecule has 1 amide bonds. The van der Waals surface area contributed by atoms with E-state index in [2.05, 4.69) is 33.0 Å². The first-order chi connectivity index (χ1) is 11.3. The minimum Gasteiger partial charge on any atom is -0.445 e. The molecule has 1 saturated heterocycles. The zero-order chi connectivity index (χ0) is 17.4. The van der Waals surface area contributed by atoms with Crippen molar-refractivity contribution in [3.63, 3.8) is 0 Å². The van der Waals surface area contributed by atoms with Gasteiger partial charge in [-0.2, -0.15) is 0 Å². The number of hydrogen-bond donors (Lipinski definition) is 1. The molecule has 130 valence electrons. The zero-order valence-electron chi connectivity index (χ0n) is 14.9. The normalized spacial score (nSPS) is 27.4. The highest BCUT2D eigenvalue weighted by Gasteiger charge is 2.56. The lowest BCUT2D eigenvalue weighted by molar-refractivity contribution is 0.00578. The maximum absolute atomic E-state index is 11.9. The van der Waals surface area contributed by atoms with E-state index in [9.17, 15) is 4.79 Å². The highest BCUT2D eigenvalue weighted by atomic mass is 16.7. The predicted molar refractivity (Wildman–Crippen MR) is 92.6 cm³/mol. The van der Waals surface area contributed by atoms with Crippen molar-refractivity contribution in [1.82, 2.24) is 5.32 Å². The van der Waals surface area contributed by atoms with E-state index in [-0.39, 0.29) is 30.5 Å². The summed E-state index contributed by atoms with van der Waals surface area (Å²) in [5.74, 6) is 0.325. The average molecular weight is 331 g/mol. The van der Waals surface area contributed by atoms with Gasteiger partial charge in [0, 0.05) is 6.04 Å². The SMILES string of the molecule is CC1(C)OB(C2CC(NC(=O)OCc3ccccc3)C2)OC1(C)C. The first-order valence-electron chi connectivity index (χ1n) is 8.60. The Morgan fingerprint density at radius 3 is 2.33 bits per heavy atom. The van der Waals surface area contributed by atoms with Gasteiger partial charge in [0.2, 0.25) is 0 Å². The Hall–Kier alpha value is -1.53. The molecular formula is C18H26BNO4. The summed E-state index contributed by atoms with van der Waals surface area (Å²) in [5.41, 5.74) is 0.381. The summed E-state index contributed by atoms with van der Waals surface area (Å²) in [4.78, 5) is 11.9. The first-order valence-corrected chi connectivity index (χ1v) is 8.60. The van der Waals surface area contributed by atoms with Gasteiger partial charge in [0.25, 0.3) is 0 Å². The summed E-state index contributed by atoms with van der Waals surface area (Å²) >= 11 is 0. The van der Waals surface area contributed by atoms with Gasteiger partial charge in [0.15, 0.2) is 0 Å². The van der Waals surface area contributed by atoms with Crippen molar-refractivity contribution < 1.29 is 18.8 Å². The molecule has 0 aromatic heterocycles. The summed E-state index contributed by atoms with van der Waals surface area (Å²) in [5, 5.41) is 2.91. The number of alkyl carbamates (subject to hydrolysis) is 1. The molecule has 2 aliphatic rings. The number of carbonyl (C=O) groups excluding carboxylic acids is 1. The van der Waals surface area contributed by atoms with Crippen molar-refractivity contribution in [2.45, 2.75) is 70.2 Å². The van der Waals surface area contributed by atoms with Gasteiger partial charge in [-0.25, -0.2) is 4.79 Å². The molecule has 5 nitrogen and oxygen atoms in total. The van der Waals surface area contributed by atoms with Crippen LogP contribution in [0.1, 0.15) is 46.1 Å². The quantitative estimate of drug-likeness (QED) is 0.858. The molecular weight excluding hydrogens is 305 g/mol. The van der Waals surface area contributed by atoms with Gasteiger partial charge in [-0.05, 0) is 51.9 Å². The third-order valence-corrected chi connectivity index (χ3v) is 5.37. The number of ether oxygens (including phenoxy) is 1. The Labute approximate surface area is 144 Å². The molecule has 1 aliphatic heterocycles. The van der Waals surface area contributed by atoms with E-state index in [1.807, 2.05) is 30.3 Å². The molecule has 1 aromatic rings. The summed E-state index contributed by atoms with van der Waals surface area (Å²) in [7, 11) is -0.187. The van der Waals surface area contributed by atoms with E-state index >= 15 is 0 Å². The van der Waals surface area contributed by atoms with Gasteiger partial charge in [-0.1, -0.05) is 30.3 Å². The number of hydrogen-bond acceptors (Lipinski definition) is 4. The minimum absolute atomic E-state index is 0.136. The lowest BCUT2D eigenvalue weighted by atomic mass is 9.58. The fourth-order valence-corrected chi connectivity index (χ4v) is 3.01. The highest BCUT2D eigenvalue weighted by molar-refractivity contribution is 6.47. The molecule has 6 heteroatoms. The smallest absolute Gasteiger partial charge is 0.445 e. The predicted octanol–water partition coefficient (Wildman–Crippen LogP) is 3.54. The van der Waals surface area contributed by atoms with Crippen LogP contribution in [0, 0.1) is 0 Å². The van der Waals surface area contributed by atoms with Gasteiger partial charge in [-0.15, -0.1) is 0 Å². The first kappa shape index (κ1) is 17.3. The summed E-state index contributed by atoms with van der Waals surface area (Å²) in [6.45, 7) is 8.52. The van der Waals surface area contributed by atoms with Crippen LogP contribution in [0.25, 0.3) is 0 Å². The van der Waals surface area contributed by atoms with E-state index in [0.717, 1.165) is 18.4 Å². The Balaban J connectivity index is 1.39. The molecule has 24 heavy (non-hydrogen) atoms. The highest BCUT2D eigenvalue weighted by Crippen LogP contribution is 2.46. The maximum atomic E-state index is 11.9. The topological polar surface area (TPSA) is 56.8 Å². The Kier molecular flexibility index (Phi) is 4.62. The second-order valence-corrected chi connectivity index (χ2v) is 7.76. The van der Waals surface area contributed by atoms with E-state index in [0.29, 0.717) is 12.4 Å². The van der Waals surface area contributed by atoms with E-state index < -0.39 is 0 Å². The molecule has 0 unspecified atom stereocenters. The van der Waals surface area contributed by atoms with Gasteiger partial charge in [-0.3, -0.25) is 0 Å². The van der Waals surface area contributed by atoms with Crippen molar-refractivity contribution >= 4 is 13.2 Å². The number of rotatable bonds is 4. The van der Waals surface area contributed by atoms with Gasteiger partial charge in [0.05, 0.1) is 11.2 Å². The lowest BCUT2D eigenvalue weighted by Crippen LogP contribution is -2.47. The molecule has 0 bridgehead atoms. The van der Waals surface area contributed by atoms with Crippen molar-refractivity contribution in [2.75, 3.05) is 0 Å². The van der Waals surface area contributed by atoms with Gasteiger partial charge >= 0.3 is 13.2 Å². The minimum atomic E-state index is -0.365. The van der Waals surface area contributed by atoms with Gasteiger partial charge < -0.3 is 19.4 Å². The Bertz CT molecular complexity index is 568. The summed E-state index contributed by atoms with van der Waals surface area (Å²) in [6.07, 6.45) is 1.35. The second kappa shape index (κ2) is 6.41. The van der Waals surface area contributed by atoms with Crippen molar-refractivity contribution in [3.8, 4) is 0 Å². The molecule has 2 fully saturated rings. The van der Waals surface area contributed by atoms with Gasteiger partial charge in [0.1, 0.15) is 6.61 Å². The molecule has 1 aliphatic carbocycles. The fourth-order valence-electron chi connectivity index (χ4n) is 3.01. The molecule has 0 spiro atoms.